The van der Waals surface area contributed by atoms with E-state index in [-0.39, 0.29) is 13.0 Å². The van der Waals surface area contributed by atoms with Gasteiger partial charge in [-0.1, -0.05) is 74.5 Å². The Hall–Kier alpha value is -4.66. The van der Waals surface area contributed by atoms with Crippen molar-refractivity contribution in [3.8, 4) is 0 Å². The van der Waals surface area contributed by atoms with Crippen LogP contribution in [0.25, 0.3) is 0 Å². The maximum atomic E-state index is 14.8. The molecule has 0 fully saturated rings. The molecule has 0 saturated heterocycles. The van der Waals surface area contributed by atoms with Crippen molar-refractivity contribution >= 4 is 35.9 Å². The predicted octanol–water partition coefficient (Wildman–Crippen LogP) is 3.26. The van der Waals surface area contributed by atoms with Crippen molar-refractivity contribution in [2.45, 2.75) is 90.6 Å². The van der Waals surface area contributed by atoms with E-state index in [1.165, 1.54) is 27.8 Å². The molecule has 274 valence electrons. The third-order valence-corrected chi connectivity index (χ3v) is 7.98. The predicted molar refractivity (Wildman–Crippen MR) is 185 cm³/mol. The minimum atomic E-state index is -2.36. The standard InChI is InChI=1S/C36H51N5O9/c1-23(2)28(30(42)39-6)40-31(43)29(26(33(45)46)21-24-15-9-7-10-16-24)41(35(48)50-36(3,4)5,32(44)27(38)19-13-14-20-37)34(47)49-22-25-17-11-8-12-18-25/h7-12,15-18,23,26-29H,13-14,19-22,37-38H2,1-6H3,(H2-,39,40,42,43,45,46)/p+1/t26?,27-,28-,29-,41?/m0/s1. The number of benzene rings is 2. The highest BCUT2D eigenvalue weighted by molar-refractivity contribution is 6.02. The molecule has 5 amide bonds. The van der Waals surface area contributed by atoms with Gasteiger partial charge in [-0.25, -0.2) is 4.79 Å². The number of quaternary nitrogens is 1. The number of hydrogen-bond acceptors (Lipinski definition) is 10. The summed E-state index contributed by atoms with van der Waals surface area (Å²) < 4.78 is 9.15. The number of rotatable bonds is 16. The third kappa shape index (κ3) is 10.9. The molecule has 50 heavy (non-hydrogen) atoms. The van der Waals surface area contributed by atoms with Crippen molar-refractivity contribution in [1.82, 2.24) is 10.6 Å². The average molecular weight is 699 g/mol. The second-order valence-electron chi connectivity index (χ2n) is 13.4. The van der Waals surface area contributed by atoms with Crippen LogP contribution in [0.3, 0.4) is 0 Å². The van der Waals surface area contributed by atoms with Crippen LogP contribution in [0.1, 0.15) is 65.0 Å². The summed E-state index contributed by atoms with van der Waals surface area (Å²) in [6.07, 6.45) is -2.85. The Kier molecular flexibility index (Phi) is 15.7. The Morgan fingerprint density at radius 1 is 0.860 bits per heavy atom. The number of carboxylic acids is 1. The molecule has 0 bridgehead atoms. The molecule has 5 atom stereocenters. The van der Waals surface area contributed by atoms with Crippen LogP contribution in [0.5, 0.6) is 0 Å². The number of carbonyl (C=O) groups is 6. The SMILES string of the molecule is CNC(=O)[C@@H](NC(=O)[C@H](C(Cc1ccccc1)C(=O)O)[N+](C(=O)OCc1ccccc1)(C(=O)OC(C)(C)C)C(=O)[C@@H](N)CCCCN)C(C)C. The first-order valence-electron chi connectivity index (χ1n) is 16.6. The number of nitrogens with two attached hydrogens (primary N) is 2. The first-order valence-corrected chi connectivity index (χ1v) is 16.6. The van der Waals surface area contributed by atoms with Crippen LogP contribution in [-0.4, -0.2) is 82.8 Å². The van der Waals surface area contributed by atoms with Crippen molar-refractivity contribution in [1.29, 1.82) is 0 Å². The van der Waals surface area contributed by atoms with Gasteiger partial charge in [-0.2, -0.15) is 9.59 Å². The highest BCUT2D eigenvalue weighted by atomic mass is 16.6. The van der Waals surface area contributed by atoms with Crippen LogP contribution in [-0.2, 0) is 41.7 Å². The molecule has 2 aromatic rings. The van der Waals surface area contributed by atoms with Gasteiger partial charge >= 0.3 is 24.1 Å². The number of amides is 5. The van der Waals surface area contributed by atoms with E-state index in [0.29, 0.717) is 24.0 Å². The first kappa shape index (κ1) is 41.5. The van der Waals surface area contributed by atoms with E-state index in [0.717, 1.165) is 0 Å². The van der Waals surface area contributed by atoms with E-state index in [4.69, 9.17) is 20.9 Å². The molecule has 7 N–H and O–H groups in total. The molecule has 2 aromatic carbocycles. The van der Waals surface area contributed by atoms with Crippen LogP contribution in [0, 0.1) is 11.8 Å². The number of carboxylic acid groups (broad SMARTS) is 1. The topological polar surface area (TPSA) is 217 Å². The molecule has 0 aliphatic rings. The summed E-state index contributed by atoms with van der Waals surface area (Å²) >= 11 is 0. The molecule has 2 rings (SSSR count). The van der Waals surface area contributed by atoms with Gasteiger partial charge in [0.05, 0.1) is 0 Å². The number of aliphatic carboxylic acids is 1. The Morgan fingerprint density at radius 3 is 1.90 bits per heavy atom. The summed E-state index contributed by atoms with van der Waals surface area (Å²) in [7, 11) is 1.35. The zero-order valence-corrected chi connectivity index (χ0v) is 29.7. The van der Waals surface area contributed by atoms with Gasteiger partial charge in [-0.15, -0.1) is 0 Å². The lowest BCUT2D eigenvalue weighted by Crippen LogP contribution is -2.76. The number of ether oxygens (including phenoxy) is 2. The molecule has 2 unspecified atom stereocenters. The van der Waals surface area contributed by atoms with E-state index >= 15 is 0 Å². The monoisotopic (exact) mass is 698 g/mol. The Labute approximate surface area is 293 Å². The quantitative estimate of drug-likeness (QED) is 0.127. The van der Waals surface area contributed by atoms with Gasteiger partial charge in [-0.05, 0) is 74.5 Å². The van der Waals surface area contributed by atoms with Crippen molar-refractivity contribution in [3.63, 3.8) is 0 Å². The van der Waals surface area contributed by atoms with Crippen LogP contribution < -0.4 is 22.1 Å². The van der Waals surface area contributed by atoms with Crippen LogP contribution in [0.15, 0.2) is 60.7 Å². The fourth-order valence-corrected chi connectivity index (χ4v) is 5.43. The largest absolute Gasteiger partial charge is 0.535 e. The minimum Gasteiger partial charge on any atom is -0.481 e. The van der Waals surface area contributed by atoms with E-state index in [1.807, 2.05) is 0 Å². The Morgan fingerprint density at radius 2 is 1.42 bits per heavy atom. The number of nitrogens with one attached hydrogen (secondary N) is 2. The van der Waals surface area contributed by atoms with E-state index in [2.05, 4.69) is 10.6 Å². The average Bonchev–Trinajstić information content (AvgIpc) is 3.06. The number of nitrogens with zero attached hydrogens (tertiary/aromatic N) is 1. The molecule has 0 heterocycles. The van der Waals surface area contributed by atoms with Crippen LogP contribution in [0.4, 0.5) is 9.59 Å². The maximum absolute atomic E-state index is 14.8. The van der Waals surface area contributed by atoms with Crippen molar-refractivity contribution in [3.05, 3.63) is 71.8 Å². The maximum Gasteiger partial charge on any atom is 0.535 e. The second kappa shape index (κ2) is 18.9. The van der Waals surface area contributed by atoms with Gasteiger partial charge in [0, 0.05) is 7.05 Å². The smallest absolute Gasteiger partial charge is 0.481 e. The minimum absolute atomic E-state index is 0.0670. The van der Waals surface area contributed by atoms with Gasteiger partial charge in [0.25, 0.3) is 5.91 Å². The number of imide groups is 3. The number of hydrogen-bond donors (Lipinski definition) is 5. The summed E-state index contributed by atoms with van der Waals surface area (Å²) in [6.45, 7) is 7.53. The van der Waals surface area contributed by atoms with Gasteiger partial charge in [-0.3, -0.25) is 14.4 Å². The number of unbranched alkanes of at least 4 members (excludes halogenated alkanes) is 1. The number of carbonyl (C=O) groups excluding carboxylic acids is 5. The van der Waals surface area contributed by atoms with Crippen molar-refractivity contribution < 1.29 is 47.8 Å². The zero-order chi connectivity index (χ0) is 37.6. The summed E-state index contributed by atoms with van der Waals surface area (Å²) in [5.41, 5.74) is 11.6. The van der Waals surface area contributed by atoms with Crippen molar-refractivity contribution in [2.24, 2.45) is 23.3 Å². The summed E-state index contributed by atoms with van der Waals surface area (Å²) in [5.74, 6) is -7.27. The summed E-state index contributed by atoms with van der Waals surface area (Å²) in [4.78, 5) is 85.1. The molecule has 0 aromatic heterocycles. The Bertz CT molecular complexity index is 1460. The van der Waals surface area contributed by atoms with E-state index < -0.39 is 89.0 Å². The highest BCUT2D eigenvalue weighted by Gasteiger charge is 2.68. The number of likely N-dealkylation sites (N-methyl/N-ethyl adjacent to an activating group) is 1. The lowest BCUT2D eigenvalue weighted by atomic mass is 9.87. The van der Waals surface area contributed by atoms with Gasteiger partial charge in [0.1, 0.15) is 30.2 Å². The first-order chi connectivity index (χ1) is 23.5. The molecular formula is C36H52N5O9+. The molecule has 0 saturated carbocycles. The summed E-state index contributed by atoms with van der Waals surface area (Å²) in [6, 6.07) is 11.4. The molecule has 0 aliphatic heterocycles. The van der Waals surface area contributed by atoms with Crippen LogP contribution in [0.2, 0.25) is 0 Å². The fourth-order valence-electron chi connectivity index (χ4n) is 5.43. The van der Waals surface area contributed by atoms with E-state index in [1.54, 1.807) is 74.5 Å². The lowest BCUT2D eigenvalue weighted by Gasteiger charge is -2.39. The molecule has 14 nitrogen and oxygen atoms in total. The zero-order valence-electron chi connectivity index (χ0n) is 29.7. The van der Waals surface area contributed by atoms with Crippen molar-refractivity contribution in [2.75, 3.05) is 13.6 Å². The second-order valence-corrected chi connectivity index (χ2v) is 13.4. The lowest BCUT2D eigenvalue weighted by molar-refractivity contribution is -0.734. The molecule has 0 aliphatic carbocycles. The molecule has 0 spiro atoms. The fraction of sp³-hybridized carbons (Fsp3) is 0.500. The normalized spacial score (nSPS) is 15.1. The third-order valence-electron chi connectivity index (χ3n) is 7.98. The molecular weight excluding hydrogens is 646 g/mol. The molecule has 0 radical (unpaired) electrons. The van der Waals surface area contributed by atoms with Gasteiger partial charge in [0.15, 0.2) is 0 Å². The molecule has 14 heteroatoms. The van der Waals surface area contributed by atoms with Gasteiger partial charge < -0.3 is 36.7 Å². The summed E-state index contributed by atoms with van der Waals surface area (Å²) in [5, 5.41) is 15.8. The van der Waals surface area contributed by atoms with Crippen LogP contribution >= 0.6 is 0 Å². The Balaban J connectivity index is 3.04. The highest BCUT2D eigenvalue weighted by Crippen LogP contribution is 2.33. The van der Waals surface area contributed by atoms with E-state index in [9.17, 15) is 33.9 Å². The van der Waals surface area contributed by atoms with Gasteiger partial charge in [0.2, 0.25) is 11.9 Å².